The van der Waals surface area contributed by atoms with Crippen molar-refractivity contribution >= 4 is 0 Å². The maximum absolute atomic E-state index is 6.06. The molecule has 1 heteroatoms. The number of fused-ring (bicyclic) bond motifs is 2. The third kappa shape index (κ3) is 1.20. The molecule has 0 saturated heterocycles. The van der Waals surface area contributed by atoms with Crippen LogP contribution in [0.3, 0.4) is 0 Å². The molecule has 64 valence electrons. The Bertz CT molecular complexity index is 144. The Balaban J connectivity index is 1.96. The van der Waals surface area contributed by atoms with Crippen molar-refractivity contribution in [2.24, 2.45) is 23.5 Å². The molecule has 0 heterocycles. The van der Waals surface area contributed by atoms with Crippen LogP contribution in [0.25, 0.3) is 0 Å². The van der Waals surface area contributed by atoms with Crippen molar-refractivity contribution in [3.05, 3.63) is 0 Å². The predicted octanol–water partition coefficient (Wildman–Crippen LogP) is 2.16. The zero-order chi connectivity index (χ0) is 7.84. The Morgan fingerprint density at radius 2 is 2.18 bits per heavy atom. The minimum Gasteiger partial charge on any atom is -0.327 e. The van der Waals surface area contributed by atoms with E-state index < -0.39 is 0 Å². The first-order chi connectivity index (χ1) is 5.31. The summed E-state index contributed by atoms with van der Waals surface area (Å²) in [6.45, 7) is 2.22. The van der Waals surface area contributed by atoms with Gasteiger partial charge < -0.3 is 5.73 Å². The second-order valence-corrected chi connectivity index (χ2v) is 4.41. The summed E-state index contributed by atoms with van der Waals surface area (Å²) in [6.07, 6.45) is 7.09. The van der Waals surface area contributed by atoms with Gasteiger partial charge in [0.05, 0.1) is 0 Å². The second kappa shape index (κ2) is 2.78. The quantitative estimate of drug-likeness (QED) is 0.646. The molecule has 4 atom stereocenters. The highest BCUT2D eigenvalue weighted by Crippen LogP contribution is 2.49. The maximum Gasteiger partial charge on any atom is 0.00672 e. The van der Waals surface area contributed by atoms with Crippen molar-refractivity contribution in [2.75, 3.05) is 0 Å². The molecule has 2 N–H and O–H groups in total. The molecule has 2 rings (SSSR count). The van der Waals surface area contributed by atoms with Gasteiger partial charge in [-0.15, -0.1) is 0 Å². The van der Waals surface area contributed by atoms with E-state index in [0.717, 1.165) is 17.8 Å². The van der Waals surface area contributed by atoms with Gasteiger partial charge in [0.15, 0.2) is 0 Å². The maximum atomic E-state index is 6.06. The number of hydrogen-bond donors (Lipinski definition) is 1. The number of nitrogens with two attached hydrogens (primary N) is 1. The molecule has 0 radical (unpaired) electrons. The van der Waals surface area contributed by atoms with Gasteiger partial charge in [-0.2, -0.15) is 0 Å². The van der Waals surface area contributed by atoms with Crippen LogP contribution in [0.15, 0.2) is 0 Å². The molecular formula is C10H19N. The molecule has 2 bridgehead atoms. The van der Waals surface area contributed by atoms with Crippen molar-refractivity contribution in [3.63, 3.8) is 0 Å². The molecule has 11 heavy (non-hydrogen) atoms. The van der Waals surface area contributed by atoms with E-state index in [1.54, 1.807) is 0 Å². The second-order valence-electron chi connectivity index (χ2n) is 4.41. The van der Waals surface area contributed by atoms with Gasteiger partial charge in [-0.1, -0.05) is 13.3 Å². The number of hydrogen-bond acceptors (Lipinski definition) is 1. The molecular weight excluding hydrogens is 134 g/mol. The number of rotatable bonds is 2. The lowest BCUT2D eigenvalue weighted by atomic mass is 9.83. The monoisotopic (exact) mass is 153 g/mol. The SMILES string of the molecule is CC[C@@H](N)C1CC2CCC1C2. The molecule has 1 nitrogen and oxygen atoms in total. The van der Waals surface area contributed by atoms with E-state index >= 15 is 0 Å². The highest BCUT2D eigenvalue weighted by molar-refractivity contribution is 4.93. The van der Waals surface area contributed by atoms with Crippen molar-refractivity contribution in [2.45, 2.75) is 45.1 Å². The average Bonchev–Trinajstić information content (AvgIpc) is 2.62. The van der Waals surface area contributed by atoms with Crippen LogP contribution in [-0.4, -0.2) is 6.04 Å². The molecule has 2 saturated carbocycles. The zero-order valence-electron chi connectivity index (χ0n) is 7.42. The fourth-order valence-corrected chi connectivity index (χ4v) is 3.12. The van der Waals surface area contributed by atoms with E-state index in [4.69, 9.17) is 5.73 Å². The predicted molar refractivity (Wildman–Crippen MR) is 47.2 cm³/mol. The largest absolute Gasteiger partial charge is 0.327 e. The molecule has 3 unspecified atom stereocenters. The summed E-state index contributed by atoms with van der Waals surface area (Å²) in [6, 6.07) is 0.505. The van der Waals surface area contributed by atoms with Crippen LogP contribution in [0.5, 0.6) is 0 Å². The third-order valence-corrected chi connectivity index (χ3v) is 3.81. The van der Waals surface area contributed by atoms with Crippen LogP contribution in [-0.2, 0) is 0 Å². The van der Waals surface area contributed by atoms with Gasteiger partial charge in [0.1, 0.15) is 0 Å². The average molecular weight is 153 g/mol. The first-order valence-corrected chi connectivity index (χ1v) is 5.06. The molecule has 2 aliphatic carbocycles. The van der Waals surface area contributed by atoms with Crippen LogP contribution in [0.2, 0.25) is 0 Å². The van der Waals surface area contributed by atoms with Gasteiger partial charge in [-0.3, -0.25) is 0 Å². The zero-order valence-corrected chi connectivity index (χ0v) is 7.42. The Morgan fingerprint density at radius 1 is 1.36 bits per heavy atom. The summed E-state index contributed by atoms with van der Waals surface area (Å²) in [5, 5.41) is 0. The molecule has 0 amide bonds. The summed E-state index contributed by atoms with van der Waals surface area (Å²) < 4.78 is 0. The third-order valence-electron chi connectivity index (χ3n) is 3.81. The van der Waals surface area contributed by atoms with Crippen molar-refractivity contribution in [3.8, 4) is 0 Å². The Morgan fingerprint density at radius 3 is 2.64 bits per heavy atom. The lowest BCUT2D eigenvalue weighted by Gasteiger charge is -2.26. The van der Waals surface area contributed by atoms with E-state index in [0.29, 0.717) is 6.04 Å². The summed E-state index contributed by atoms with van der Waals surface area (Å²) in [7, 11) is 0. The van der Waals surface area contributed by atoms with Crippen molar-refractivity contribution < 1.29 is 0 Å². The van der Waals surface area contributed by atoms with Gasteiger partial charge in [-0.05, 0) is 43.4 Å². The molecule has 0 spiro atoms. The van der Waals surface area contributed by atoms with Crippen LogP contribution >= 0.6 is 0 Å². The van der Waals surface area contributed by atoms with E-state index in [1.165, 1.54) is 32.1 Å². The van der Waals surface area contributed by atoms with E-state index in [-0.39, 0.29) is 0 Å². The highest BCUT2D eigenvalue weighted by atomic mass is 14.7. The van der Waals surface area contributed by atoms with Crippen LogP contribution in [0, 0.1) is 17.8 Å². The molecule has 2 fully saturated rings. The van der Waals surface area contributed by atoms with Gasteiger partial charge in [0, 0.05) is 6.04 Å². The normalized spacial score (nSPS) is 44.7. The molecule has 0 aromatic carbocycles. The van der Waals surface area contributed by atoms with Crippen LogP contribution in [0.1, 0.15) is 39.0 Å². The van der Waals surface area contributed by atoms with Gasteiger partial charge in [-0.25, -0.2) is 0 Å². The van der Waals surface area contributed by atoms with Crippen molar-refractivity contribution in [1.82, 2.24) is 0 Å². The summed E-state index contributed by atoms with van der Waals surface area (Å²) in [5.41, 5.74) is 6.06. The van der Waals surface area contributed by atoms with E-state index in [9.17, 15) is 0 Å². The Hall–Kier alpha value is -0.0400. The summed E-state index contributed by atoms with van der Waals surface area (Å²) >= 11 is 0. The Labute approximate surface area is 69.4 Å². The summed E-state index contributed by atoms with van der Waals surface area (Å²) in [5.74, 6) is 2.95. The molecule has 0 aliphatic heterocycles. The lowest BCUT2D eigenvalue weighted by molar-refractivity contribution is 0.277. The molecule has 0 aromatic heterocycles. The first kappa shape index (κ1) is 7.60. The summed E-state index contributed by atoms with van der Waals surface area (Å²) in [4.78, 5) is 0. The fourth-order valence-electron chi connectivity index (χ4n) is 3.12. The van der Waals surface area contributed by atoms with E-state index in [2.05, 4.69) is 6.92 Å². The molecule has 0 aromatic rings. The van der Waals surface area contributed by atoms with Crippen LogP contribution < -0.4 is 5.73 Å². The fraction of sp³-hybridized carbons (Fsp3) is 1.00. The topological polar surface area (TPSA) is 26.0 Å². The smallest absolute Gasteiger partial charge is 0.00672 e. The first-order valence-electron chi connectivity index (χ1n) is 5.06. The van der Waals surface area contributed by atoms with Gasteiger partial charge in [0.25, 0.3) is 0 Å². The minimum atomic E-state index is 0.505. The Kier molecular flexibility index (Phi) is 1.92. The van der Waals surface area contributed by atoms with Crippen LogP contribution in [0.4, 0.5) is 0 Å². The molecule has 2 aliphatic rings. The minimum absolute atomic E-state index is 0.505. The lowest BCUT2D eigenvalue weighted by Crippen LogP contribution is -2.32. The van der Waals surface area contributed by atoms with Gasteiger partial charge in [0.2, 0.25) is 0 Å². The van der Waals surface area contributed by atoms with Crippen molar-refractivity contribution in [1.29, 1.82) is 0 Å². The highest BCUT2D eigenvalue weighted by Gasteiger charge is 2.41. The standard InChI is InChI=1S/C10H19N/c1-2-10(11)9-6-7-3-4-8(9)5-7/h7-10H,2-6,11H2,1H3/t7?,8?,9?,10-/m1/s1. The van der Waals surface area contributed by atoms with Gasteiger partial charge >= 0.3 is 0 Å². The van der Waals surface area contributed by atoms with E-state index in [1.807, 2.05) is 0 Å².